The van der Waals surface area contributed by atoms with Crippen LogP contribution in [0.2, 0.25) is 0 Å². The zero-order valence-corrected chi connectivity index (χ0v) is 19.9. The number of aliphatic hydroxyl groups excluding tert-OH is 11. The number of rotatable bonds is 12. The Morgan fingerprint density at radius 1 is 0.811 bits per heavy atom. The number of hydrogen-bond acceptors (Lipinski definition) is 16. The van der Waals surface area contributed by atoms with E-state index in [1.54, 1.807) is 0 Å². The molecule has 2 rings (SSSR count). The third-order valence-electron chi connectivity index (χ3n) is 6.12. The maximum absolute atomic E-state index is 11.8. The second-order valence-electron chi connectivity index (χ2n) is 8.87. The summed E-state index contributed by atoms with van der Waals surface area (Å²) >= 11 is 0. The molecule has 4 unspecified atom stereocenters. The van der Waals surface area contributed by atoms with E-state index in [9.17, 15) is 55.9 Å². The highest BCUT2D eigenvalue weighted by Crippen LogP contribution is 2.29. The first-order chi connectivity index (χ1) is 17.4. The number of carbonyl (C=O) groups is 1. The van der Waals surface area contributed by atoms with Crippen LogP contribution in [0.25, 0.3) is 0 Å². The summed E-state index contributed by atoms with van der Waals surface area (Å²) < 4.78 is 21.7. The molecule has 218 valence electrons. The molecule has 2 heterocycles. The van der Waals surface area contributed by atoms with Gasteiger partial charge in [0.25, 0.3) is 0 Å². The predicted octanol–water partition coefficient (Wildman–Crippen LogP) is -7.79. The van der Waals surface area contributed by atoms with Gasteiger partial charge in [0.1, 0.15) is 73.2 Å². The molecule has 17 heteroatoms. The maximum Gasteiger partial charge on any atom is 0.217 e. The molecule has 0 saturated carbocycles. The molecule has 2 saturated heterocycles. The molecule has 2 fully saturated rings. The van der Waals surface area contributed by atoms with Gasteiger partial charge in [-0.05, 0) is 0 Å². The van der Waals surface area contributed by atoms with Crippen molar-refractivity contribution in [1.82, 2.24) is 5.32 Å². The molecule has 0 aromatic carbocycles. The van der Waals surface area contributed by atoms with Crippen molar-refractivity contribution in [2.24, 2.45) is 0 Å². The standard InChI is InChI=1S/C20H37NO16/c1-6(25)21-11-15(31)18(37-20-17(33)16(32)14(30)9(3-23)35-20)10(4-24)36-19(11)34-5-8(27)13(29)12(28)7(26)2-22/h7-20,22-24,26-33H,2-5H2,1H3,(H,21,25)/t7?,8?,9-,10-,11-,12?,13?,14+,15-,16+,17-,18-,19-,20+/m1/s1. The maximum atomic E-state index is 11.8. The largest absolute Gasteiger partial charge is 0.394 e. The number of ether oxygens (including phenoxy) is 4. The summed E-state index contributed by atoms with van der Waals surface area (Å²) in [6.07, 6.45) is -22.1. The minimum atomic E-state index is -1.97. The summed E-state index contributed by atoms with van der Waals surface area (Å²) in [5, 5.41) is 111. The van der Waals surface area contributed by atoms with Crippen LogP contribution >= 0.6 is 0 Å². The van der Waals surface area contributed by atoms with E-state index >= 15 is 0 Å². The summed E-state index contributed by atoms with van der Waals surface area (Å²) in [6, 6.07) is -1.42. The summed E-state index contributed by atoms with van der Waals surface area (Å²) in [5.41, 5.74) is 0. The van der Waals surface area contributed by atoms with Crippen molar-refractivity contribution in [2.75, 3.05) is 26.4 Å². The molecule has 0 aromatic rings. The van der Waals surface area contributed by atoms with E-state index < -0.39 is 118 Å². The quantitative estimate of drug-likeness (QED) is 0.108. The molecule has 0 radical (unpaired) electrons. The molecule has 2 aliphatic rings. The summed E-state index contributed by atoms with van der Waals surface area (Å²) in [4.78, 5) is 11.8. The molecule has 37 heavy (non-hydrogen) atoms. The fourth-order valence-corrected chi connectivity index (χ4v) is 3.96. The molecule has 0 aliphatic carbocycles. The van der Waals surface area contributed by atoms with Gasteiger partial charge in [0.2, 0.25) is 5.91 Å². The molecule has 2 aliphatic heterocycles. The van der Waals surface area contributed by atoms with Gasteiger partial charge in [-0.1, -0.05) is 0 Å². The topological polar surface area (TPSA) is 289 Å². The average molecular weight is 548 g/mol. The van der Waals surface area contributed by atoms with Gasteiger partial charge >= 0.3 is 0 Å². The first-order valence-corrected chi connectivity index (χ1v) is 11.5. The van der Waals surface area contributed by atoms with Crippen LogP contribution in [0.3, 0.4) is 0 Å². The van der Waals surface area contributed by atoms with Gasteiger partial charge < -0.3 is 80.4 Å². The number of nitrogens with one attached hydrogen (secondary N) is 1. The van der Waals surface area contributed by atoms with Crippen molar-refractivity contribution >= 4 is 5.91 Å². The highest BCUT2D eigenvalue weighted by Gasteiger charge is 2.51. The van der Waals surface area contributed by atoms with Crippen molar-refractivity contribution in [3.05, 3.63) is 0 Å². The van der Waals surface area contributed by atoms with Gasteiger partial charge in [0.15, 0.2) is 12.6 Å². The van der Waals surface area contributed by atoms with Crippen molar-refractivity contribution in [3.8, 4) is 0 Å². The van der Waals surface area contributed by atoms with Crippen molar-refractivity contribution < 1.29 is 79.9 Å². The highest BCUT2D eigenvalue weighted by molar-refractivity contribution is 5.73. The Hall–Kier alpha value is -1.13. The highest BCUT2D eigenvalue weighted by atomic mass is 16.7. The van der Waals surface area contributed by atoms with Crippen molar-refractivity contribution in [3.63, 3.8) is 0 Å². The molecule has 17 nitrogen and oxygen atoms in total. The molecule has 0 aromatic heterocycles. The first kappa shape index (κ1) is 32.1. The Morgan fingerprint density at radius 3 is 1.92 bits per heavy atom. The average Bonchev–Trinajstić information content (AvgIpc) is 2.88. The van der Waals surface area contributed by atoms with Gasteiger partial charge in [-0.2, -0.15) is 0 Å². The van der Waals surface area contributed by atoms with Crippen molar-refractivity contribution in [2.45, 2.75) is 92.7 Å². The number of aliphatic hydroxyl groups is 11. The van der Waals surface area contributed by atoms with Crippen LogP contribution in [0.15, 0.2) is 0 Å². The summed E-state index contributed by atoms with van der Waals surface area (Å²) in [7, 11) is 0. The van der Waals surface area contributed by atoms with E-state index in [2.05, 4.69) is 5.32 Å². The number of carbonyl (C=O) groups excluding carboxylic acids is 1. The summed E-state index contributed by atoms with van der Waals surface area (Å²) in [6.45, 7) is -2.12. The van der Waals surface area contributed by atoms with E-state index in [1.807, 2.05) is 0 Å². The lowest BCUT2D eigenvalue weighted by atomic mass is 9.95. The Bertz CT molecular complexity index is 701. The van der Waals surface area contributed by atoms with Crippen LogP contribution in [0.5, 0.6) is 0 Å². The molecule has 1 amide bonds. The van der Waals surface area contributed by atoms with Crippen LogP contribution in [0, 0.1) is 0 Å². The first-order valence-electron chi connectivity index (χ1n) is 11.5. The van der Waals surface area contributed by atoms with Crippen LogP contribution in [0.1, 0.15) is 6.92 Å². The Balaban J connectivity index is 2.16. The van der Waals surface area contributed by atoms with E-state index in [4.69, 9.17) is 24.1 Å². The fraction of sp³-hybridized carbons (Fsp3) is 0.950. The molecule has 14 atom stereocenters. The van der Waals surface area contributed by atoms with Crippen molar-refractivity contribution in [1.29, 1.82) is 0 Å². The third-order valence-corrected chi connectivity index (χ3v) is 6.12. The molecule has 12 N–H and O–H groups in total. The summed E-state index contributed by atoms with van der Waals surface area (Å²) in [5.74, 6) is -0.669. The zero-order valence-electron chi connectivity index (χ0n) is 19.9. The normalized spacial score (nSPS) is 40.0. The fourth-order valence-electron chi connectivity index (χ4n) is 3.96. The third kappa shape index (κ3) is 7.72. The van der Waals surface area contributed by atoms with Gasteiger partial charge in [-0.25, -0.2) is 0 Å². The smallest absolute Gasteiger partial charge is 0.217 e. The van der Waals surface area contributed by atoms with Crippen LogP contribution in [0.4, 0.5) is 0 Å². The van der Waals surface area contributed by atoms with E-state index in [1.165, 1.54) is 0 Å². The lowest BCUT2D eigenvalue weighted by Crippen LogP contribution is -2.67. The van der Waals surface area contributed by atoms with Gasteiger partial charge in [-0.3, -0.25) is 4.79 Å². The van der Waals surface area contributed by atoms with Gasteiger partial charge in [-0.15, -0.1) is 0 Å². The predicted molar refractivity (Wildman–Crippen MR) is 115 cm³/mol. The van der Waals surface area contributed by atoms with E-state index in [0.717, 1.165) is 6.92 Å². The van der Waals surface area contributed by atoms with E-state index in [-0.39, 0.29) is 0 Å². The minimum absolute atomic E-state index is 0.669. The zero-order chi connectivity index (χ0) is 28.0. The number of amides is 1. The SMILES string of the molecule is CC(=O)N[C@H]1[C@H](OCC(O)C(O)C(O)C(O)CO)O[C@H](CO)[C@@H](O[C@@H]2O[C@H](CO)[C@H](O)[C@H](O)[C@H]2O)[C@@H]1O. The number of hydrogen-bond donors (Lipinski definition) is 12. The second kappa shape index (κ2) is 14.3. The lowest BCUT2D eigenvalue weighted by molar-refractivity contribution is -0.349. The van der Waals surface area contributed by atoms with E-state index in [0.29, 0.717) is 0 Å². The Labute approximate surface area is 211 Å². The lowest BCUT2D eigenvalue weighted by Gasteiger charge is -2.47. The van der Waals surface area contributed by atoms with Crippen LogP contribution < -0.4 is 5.32 Å². The Morgan fingerprint density at radius 2 is 1.38 bits per heavy atom. The molecule has 0 spiro atoms. The second-order valence-corrected chi connectivity index (χ2v) is 8.87. The van der Waals surface area contributed by atoms with Gasteiger partial charge in [0.05, 0.1) is 26.4 Å². The molecule has 0 bridgehead atoms. The van der Waals surface area contributed by atoms with Crippen LogP contribution in [-0.2, 0) is 23.7 Å². The monoisotopic (exact) mass is 547 g/mol. The Kier molecular flexibility index (Phi) is 12.4. The van der Waals surface area contributed by atoms with Gasteiger partial charge in [0, 0.05) is 6.92 Å². The van der Waals surface area contributed by atoms with Crippen LogP contribution in [-0.4, -0.2) is 174 Å². The molecular formula is C20H37NO16. The minimum Gasteiger partial charge on any atom is -0.394 e. The molecular weight excluding hydrogens is 510 g/mol.